The van der Waals surface area contributed by atoms with Gasteiger partial charge in [0.2, 0.25) is 0 Å². The maximum atomic E-state index is 3.68. The highest BCUT2D eigenvalue weighted by Gasteiger charge is 2.19. The highest BCUT2D eigenvalue weighted by molar-refractivity contribution is 9.10. The molecule has 5 rings (SSSR count). The molecule has 2 aliphatic rings. The van der Waals surface area contributed by atoms with Gasteiger partial charge >= 0.3 is 0 Å². The van der Waals surface area contributed by atoms with Crippen molar-refractivity contribution in [3.8, 4) is 0 Å². The van der Waals surface area contributed by atoms with E-state index in [1.54, 1.807) is 0 Å². The second-order valence-corrected chi connectivity index (χ2v) is 14.9. The largest absolute Gasteiger partial charge is 0.412 e. The molecule has 0 aromatic heterocycles. The lowest BCUT2D eigenvalue weighted by atomic mass is 9.84. The van der Waals surface area contributed by atoms with Crippen LogP contribution in [0.4, 0.5) is 0 Å². The Kier molecular flexibility index (Phi) is 55.8. The fraction of sp³-hybridized carbons (Fsp3) is 0.561. The third kappa shape index (κ3) is 29.3. The van der Waals surface area contributed by atoms with E-state index in [1.165, 1.54) is 40.7 Å². The molecule has 3 aromatic carbocycles. The number of hydrogen-bond donors (Lipinski definition) is 6. The Morgan fingerprint density at radius 2 is 0.750 bits per heavy atom. The maximum absolute atomic E-state index is 3.68. The molecular weight excluding hydrogens is 1360 g/mol. The zero-order valence-corrected chi connectivity index (χ0v) is 49.9. The topological polar surface area (TPSA) is 142 Å². The summed E-state index contributed by atoms with van der Waals surface area (Å²) in [7, 11) is 0. The van der Waals surface area contributed by atoms with Crippen molar-refractivity contribution in [1.82, 2.24) is 41.7 Å². The molecule has 2 saturated heterocycles. The Morgan fingerprint density at radius 1 is 0.400 bits per heavy atom. The Labute approximate surface area is 454 Å². The second kappa shape index (κ2) is 45.7. The zero-order valence-electron chi connectivity index (χ0n) is 34.6. The Bertz CT molecular complexity index is 1270. The molecule has 0 aliphatic carbocycles. The summed E-state index contributed by atoms with van der Waals surface area (Å²) in [5.74, 6) is 0.167. The molecule has 0 saturated carbocycles. The average molecular weight is 1430 g/mol. The van der Waals surface area contributed by atoms with Crippen LogP contribution in [0.2, 0.25) is 0 Å². The van der Waals surface area contributed by atoms with Crippen LogP contribution in [0.5, 0.6) is 0 Å². The van der Waals surface area contributed by atoms with Gasteiger partial charge in [0.25, 0.3) is 0 Å². The van der Waals surface area contributed by atoms with Crippen LogP contribution in [0.3, 0.4) is 0 Å². The van der Waals surface area contributed by atoms with Crippen molar-refractivity contribution < 1.29 is 11.0 Å². The summed E-state index contributed by atoms with van der Waals surface area (Å²) in [5, 5.41) is 21.7. The van der Waals surface area contributed by atoms with Gasteiger partial charge < -0.3 is 42.9 Å². The van der Waals surface area contributed by atoms with E-state index in [4.69, 9.17) is 0 Å². The smallest absolute Gasteiger partial charge is 0.0340 e. The molecule has 2 fully saturated rings. The molecule has 0 bridgehead atoms. The fourth-order valence-corrected chi connectivity index (χ4v) is 7.41. The number of hydrogen-bond acceptors (Lipinski definition) is 8. The quantitative estimate of drug-likeness (QED) is 0.135. The Morgan fingerprint density at radius 3 is 1.13 bits per heavy atom. The van der Waals surface area contributed by atoms with Crippen LogP contribution >= 0.6 is 152 Å². The van der Waals surface area contributed by atoms with Gasteiger partial charge in [0, 0.05) is 75.8 Å². The van der Waals surface area contributed by atoms with Gasteiger partial charge in [-0.15, -0.1) is 136 Å². The highest BCUT2D eigenvalue weighted by Crippen LogP contribution is 2.34. The van der Waals surface area contributed by atoms with Gasteiger partial charge in [-0.1, -0.05) is 76.6 Å². The lowest BCUT2D eigenvalue weighted by Gasteiger charge is -2.26. The van der Waals surface area contributed by atoms with Gasteiger partial charge in [0.1, 0.15) is 0 Å². The number of halogens is 9. The summed E-state index contributed by atoms with van der Waals surface area (Å²) < 4.78 is 1.12. The van der Waals surface area contributed by atoms with Crippen molar-refractivity contribution in [2.24, 2.45) is 0 Å². The lowest BCUT2D eigenvalue weighted by molar-refractivity contribution is 0.260. The normalized spacial score (nSPS) is 16.5. The van der Waals surface area contributed by atoms with Gasteiger partial charge in [0.05, 0.1) is 0 Å². The molecule has 2 heterocycles. The summed E-state index contributed by atoms with van der Waals surface area (Å²) in [5.41, 5.74) is 6.83. The molecule has 0 unspecified atom stereocenters. The predicted octanol–water partition coefficient (Wildman–Crippen LogP) is 7.33. The van der Waals surface area contributed by atoms with Crippen LogP contribution in [-0.4, -0.2) is 125 Å². The molecule has 0 spiro atoms. The summed E-state index contributed by atoms with van der Waals surface area (Å²) in [6, 6.07) is 27.7. The molecule has 2 aliphatic heterocycles. The summed E-state index contributed by atoms with van der Waals surface area (Å²) >= 11 is 3.68. The zero-order chi connectivity index (χ0) is 34.5. The number of benzene rings is 3. The second-order valence-electron chi connectivity index (χ2n) is 13.9. The average Bonchev–Trinajstić information content (AvgIpc) is 3.13. The molecule has 60 heavy (non-hydrogen) atoms. The monoisotopic (exact) mass is 1420 g/mol. The van der Waals surface area contributed by atoms with Crippen molar-refractivity contribution in [3.63, 3.8) is 0 Å². The van der Waals surface area contributed by atoms with Gasteiger partial charge in [-0.05, 0) is 118 Å². The first-order valence-electron chi connectivity index (χ1n) is 19.4. The minimum atomic E-state index is 0. The third-order valence-electron chi connectivity index (χ3n) is 9.82. The van der Waals surface area contributed by atoms with Crippen LogP contribution in [0.1, 0.15) is 59.4 Å². The van der Waals surface area contributed by atoms with Crippen molar-refractivity contribution in [2.45, 2.75) is 44.7 Å². The standard InChI is InChI=1S/C41H63BrN8.8BrH.2H2O/c42-40-13-11-37(12-14-40)41(38-9-1-7-35(31-38)33-49-27-5-19-45-23-21-43-15-3-17-47-25-29-49)39-10-2-8-36(32-39)34-50-28-6-20-46-24-22-44-16-4-18-48-26-30-50;;;;;;;;;;/h1-2,7-14,31-32,41,43-48H,3-6,15-30,33-34H2;8*1H;2*1H2. The Hall–Kier alpha value is 1.58. The van der Waals surface area contributed by atoms with E-state index in [0.29, 0.717) is 0 Å². The Balaban J connectivity index is -0.000000729. The van der Waals surface area contributed by atoms with E-state index in [0.717, 1.165) is 135 Å². The summed E-state index contributed by atoms with van der Waals surface area (Å²) in [6.45, 7) is 18.9. The number of nitrogens with one attached hydrogen (secondary N) is 6. The van der Waals surface area contributed by atoms with Crippen molar-refractivity contribution in [1.29, 1.82) is 0 Å². The first-order chi connectivity index (χ1) is 24.7. The van der Waals surface area contributed by atoms with E-state index in [2.05, 4.69) is 130 Å². The van der Waals surface area contributed by atoms with Crippen LogP contribution in [-0.2, 0) is 13.1 Å². The van der Waals surface area contributed by atoms with Crippen LogP contribution < -0.4 is 31.9 Å². The van der Waals surface area contributed by atoms with Gasteiger partial charge in [0.15, 0.2) is 0 Å². The van der Waals surface area contributed by atoms with Crippen LogP contribution in [0, 0.1) is 0 Å². The molecule has 19 heteroatoms. The first-order valence-corrected chi connectivity index (χ1v) is 20.2. The van der Waals surface area contributed by atoms with Crippen molar-refractivity contribution in [2.75, 3.05) is 105 Å². The van der Waals surface area contributed by atoms with E-state index >= 15 is 0 Å². The fourth-order valence-electron chi connectivity index (χ4n) is 7.14. The first kappa shape index (κ1) is 73.2. The molecule has 0 radical (unpaired) electrons. The molecular formula is C41H75Br9N8O2. The molecule has 0 amide bonds. The number of nitrogens with zero attached hydrogens (tertiary/aromatic N) is 2. The maximum Gasteiger partial charge on any atom is 0.0340 e. The van der Waals surface area contributed by atoms with E-state index in [-0.39, 0.29) is 153 Å². The highest BCUT2D eigenvalue weighted by atomic mass is 79.9. The minimum Gasteiger partial charge on any atom is -0.412 e. The molecule has 10 N–H and O–H groups in total. The van der Waals surface area contributed by atoms with Crippen molar-refractivity contribution >= 4 is 152 Å². The molecule has 354 valence electrons. The third-order valence-corrected chi connectivity index (χ3v) is 10.3. The SMILES string of the molecule is Br.Br.Br.Br.Br.Br.Br.Br.Brc1ccc(C(c2cccc(CN3CCCNCCNCCCNCC3)c2)c2cccc(CN3CCCNCCNCCCNCC3)c2)cc1.O.O. The van der Waals surface area contributed by atoms with Gasteiger partial charge in [-0.25, -0.2) is 0 Å². The van der Waals surface area contributed by atoms with Crippen molar-refractivity contribution in [3.05, 3.63) is 105 Å². The predicted molar refractivity (Wildman–Crippen MR) is 304 cm³/mol. The van der Waals surface area contributed by atoms with Gasteiger partial charge in [-0.3, -0.25) is 9.80 Å². The lowest BCUT2D eigenvalue weighted by Crippen LogP contribution is -2.36. The van der Waals surface area contributed by atoms with E-state index < -0.39 is 0 Å². The molecule has 10 nitrogen and oxygen atoms in total. The summed E-state index contributed by atoms with van der Waals surface area (Å²) in [4.78, 5) is 5.27. The minimum absolute atomic E-state index is 0. The molecule has 3 aromatic rings. The van der Waals surface area contributed by atoms with Gasteiger partial charge in [-0.2, -0.15) is 0 Å². The van der Waals surface area contributed by atoms with Crippen LogP contribution in [0.15, 0.2) is 77.3 Å². The summed E-state index contributed by atoms with van der Waals surface area (Å²) in [6.07, 6.45) is 4.67. The van der Waals surface area contributed by atoms with E-state index in [9.17, 15) is 0 Å². The molecule has 0 atom stereocenters. The van der Waals surface area contributed by atoms with Crippen LogP contribution in [0.25, 0.3) is 0 Å². The van der Waals surface area contributed by atoms with E-state index in [1.807, 2.05) is 0 Å². The number of rotatable bonds is 7.